The number of fused-ring (bicyclic) bond motifs is 1. The molecule has 0 saturated carbocycles. The fourth-order valence-corrected chi connectivity index (χ4v) is 5.57. The number of carbonyl (C=O) groups excluding carboxylic acids is 2. The number of hydrogen-bond acceptors (Lipinski definition) is 9. The summed E-state index contributed by atoms with van der Waals surface area (Å²) >= 11 is 1.40. The number of thioether (sulfide) groups is 1. The van der Waals surface area contributed by atoms with Gasteiger partial charge in [0.1, 0.15) is 17.3 Å². The number of aliphatic imine (C=N–C) groups is 1. The van der Waals surface area contributed by atoms with E-state index in [1.165, 1.54) is 11.8 Å². The summed E-state index contributed by atoms with van der Waals surface area (Å²) < 4.78 is 22.1. The number of furan rings is 1. The number of nitrogens with zero attached hydrogens (tertiary/aromatic N) is 2. The van der Waals surface area contributed by atoms with Crippen LogP contribution in [0.25, 0.3) is 5.70 Å². The molecule has 10 heteroatoms. The molecule has 0 saturated heterocycles. The zero-order valence-electron chi connectivity index (χ0n) is 22.4. The Hall–Kier alpha value is -4.44. The SMILES string of the molecule is CCOC(=O)C1=C(c2ccccc2)N=C2SC=C(CC(=O)NCc3ccco3)N2[C@H]1c1ccc(OC)cc1OC. The van der Waals surface area contributed by atoms with Crippen LogP contribution >= 0.6 is 11.8 Å². The summed E-state index contributed by atoms with van der Waals surface area (Å²) in [6.45, 7) is 2.23. The van der Waals surface area contributed by atoms with E-state index in [4.69, 9.17) is 23.6 Å². The highest BCUT2D eigenvalue weighted by Crippen LogP contribution is 2.49. The van der Waals surface area contributed by atoms with Gasteiger partial charge >= 0.3 is 5.97 Å². The van der Waals surface area contributed by atoms with Crippen LogP contribution in [0.2, 0.25) is 0 Å². The Kier molecular flexibility index (Phi) is 8.26. The molecule has 5 rings (SSSR count). The Balaban J connectivity index is 1.60. The van der Waals surface area contributed by atoms with Crippen LogP contribution in [-0.2, 0) is 20.9 Å². The molecule has 40 heavy (non-hydrogen) atoms. The van der Waals surface area contributed by atoms with Crippen LogP contribution in [-0.4, -0.2) is 42.8 Å². The highest BCUT2D eigenvalue weighted by Gasteiger charge is 2.43. The van der Waals surface area contributed by atoms with Gasteiger partial charge in [0.25, 0.3) is 0 Å². The molecule has 1 N–H and O–H groups in total. The molecule has 1 aromatic heterocycles. The van der Waals surface area contributed by atoms with Crippen molar-refractivity contribution >= 4 is 34.5 Å². The number of ether oxygens (including phenoxy) is 3. The summed E-state index contributed by atoms with van der Waals surface area (Å²) in [7, 11) is 3.15. The van der Waals surface area contributed by atoms with Gasteiger partial charge in [0.2, 0.25) is 5.91 Å². The second-order valence-corrected chi connectivity index (χ2v) is 9.72. The number of rotatable bonds is 10. The van der Waals surface area contributed by atoms with Crippen molar-refractivity contribution in [2.45, 2.75) is 25.9 Å². The molecule has 3 heterocycles. The maximum absolute atomic E-state index is 13.7. The van der Waals surface area contributed by atoms with Gasteiger partial charge in [-0.25, -0.2) is 9.79 Å². The number of nitrogens with one attached hydrogen (secondary N) is 1. The number of carbonyl (C=O) groups is 2. The van der Waals surface area contributed by atoms with Gasteiger partial charge in [0.05, 0.1) is 57.4 Å². The Morgan fingerprint density at radius 2 is 1.90 bits per heavy atom. The molecule has 1 atom stereocenters. The van der Waals surface area contributed by atoms with Crippen molar-refractivity contribution in [2.75, 3.05) is 20.8 Å². The van der Waals surface area contributed by atoms with Crippen LogP contribution in [0, 0.1) is 0 Å². The minimum absolute atomic E-state index is 0.0679. The molecule has 2 aromatic carbocycles. The average Bonchev–Trinajstić information content (AvgIpc) is 3.65. The van der Waals surface area contributed by atoms with E-state index in [2.05, 4.69) is 5.32 Å². The normalized spacial score (nSPS) is 16.2. The number of methoxy groups -OCH3 is 2. The highest BCUT2D eigenvalue weighted by atomic mass is 32.2. The molecule has 3 aromatic rings. The maximum atomic E-state index is 13.7. The van der Waals surface area contributed by atoms with Gasteiger partial charge in [0, 0.05) is 22.9 Å². The monoisotopic (exact) mass is 559 g/mol. The van der Waals surface area contributed by atoms with E-state index in [0.717, 1.165) is 5.56 Å². The standard InChI is InChI=1S/C30H29N3O6S/c1-4-38-29(35)26-27(19-9-6-5-7-10-19)32-30-33(28(26)23-13-12-21(36-2)16-24(23)37-3)20(18-40-30)15-25(34)31-17-22-11-8-14-39-22/h5-14,16,18,28H,4,15,17H2,1-3H3,(H,31,34)/t28-/m0/s1. The third kappa shape index (κ3) is 5.48. The van der Waals surface area contributed by atoms with Crippen molar-refractivity contribution in [2.24, 2.45) is 4.99 Å². The fraction of sp³-hybridized carbons (Fsp3) is 0.233. The smallest absolute Gasteiger partial charge is 0.338 e. The number of hydrogen-bond donors (Lipinski definition) is 1. The van der Waals surface area contributed by atoms with Crippen LogP contribution in [0.15, 0.2) is 93.0 Å². The fourth-order valence-electron chi connectivity index (χ4n) is 4.65. The minimum Gasteiger partial charge on any atom is -0.497 e. The largest absolute Gasteiger partial charge is 0.497 e. The number of amidine groups is 1. The Bertz CT molecular complexity index is 1480. The van der Waals surface area contributed by atoms with Gasteiger partial charge in [-0.2, -0.15) is 0 Å². The topological polar surface area (TPSA) is 103 Å². The molecule has 206 valence electrons. The quantitative estimate of drug-likeness (QED) is 0.335. The Labute approximate surface area is 236 Å². The Morgan fingerprint density at radius 3 is 2.60 bits per heavy atom. The summed E-state index contributed by atoms with van der Waals surface area (Å²) in [4.78, 5) is 33.5. The molecule has 9 nitrogen and oxygen atoms in total. The molecule has 0 fully saturated rings. The molecular weight excluding hydrogens is 530 g/mol. The van der Waals surface area contributed by atoms with E-state index in [1.807, 2.05) is 52.8 Å². The summed E-state index contributed by atoms with van der Waals surface area (Å²) in [5.41, 5.74) is 3.04. The molecule has 2 aliphatic rings. The first-order valence-corrected chi connectivity index (χ1v) is 13.6. The first-order valence-electron chi connectivity index (χ1n) is 12.7. The lowest BCUT2D eigenvalue weighted by Gasteiger charge is -2.37. The summed E-state index contributed by atoms with van der Waals surface area (Å²) in [5, 5.41) is 5.43. The van der Waals surface area contributed by atoms with Gasteiger partial charge in [-0.3, -0.25) is 4.79 Å². The van der Waals surface area contributed by atoms with E-state index in [-0.39, 0.29) is 25.5 Å². The number of esters is 1. The van der Waals surface area contributed by atoms with Crippen molar-refractivity contribution in [3.8, 4) is 11.5 Å². The predicted molar refractivity (Wildman–Crippen MR) is 152 cm³/mol. The van der Waals surface area contributed by atoms with E-state index >= 15 is 0 Å². The molecule has 0 spiro atoms. The third-order valence-electron chi connectivity index (χ3n) is 6.47. The van der Waals surface area contributed by atoms with Crippen LogP contribution in [0.3, 0.4) is 0 Å². The van der Waals surface area contributed by atoms with Gasteiger partial charge in [0.15, 0.2) is 5.17 Å². The molecule has 1 amide bonds. The van der Waals surface area contributed by atoms with Crippen LogP contribution in [0.4, 0.5) is 0 Å². The molecule has 0 radical (unpaired) electrons. The summed E-state index contributed by atoms with van der Waals surface area (Å²) in [5.74, 6) is 1.10. The van der Waals surface area contributed by atoms with Crippen molar-refractivity contribution in [1.29, 1.82) is 0 Å². The maximum Gasteiger partial charge on any atom is 0.338 e. The van der Waals surface area contributed by atoms with Crippen LogP contribution in [0.5, 0.6) is 11.5 Å². The first-order chi connectivity index (χ1) is 19.5. The lowest BCUT2D eigenvalue weighted by atomic mass is 9.90. The van der Waals surface area contributed by atoms with Gasteiger partial charge < -0.3 is 28.8 Å². The Morgan fingerprint density at radius 1 is 1.07 bits per heavy atom. The van der Waals surface area contributed by atoms with Crippen LogP contribution < -0.4 is 14.8 Å². The van der Waals surface area contributed by atoms with E-state index in [0.29, 0.717) is 45.0 Å². The lowest BCUT2D eigenvalue weighted by Crippen LogP contribution is -2.38. The molecule has 0 bridgehead atoms. The zero-order chi connectivity index (χ0) is 28.1. The van der Waals surface area contributed by atoms with Crippen molar-refractivity contribution in [3.05, 3.63) is 100 Å². The minimum atomic E-state index is -0.679. The third-order valence-corrected chi connectivity index (χ3v) is 7.36. The van der Waals surface area contributed by atoms with E-state index in [9.17, 15) is 9.59 Å². The number of benzene rings is 2. The van der Waals surface area contributed by atoms with Gasteiger partial charge in [-0.05, 0) is 36.6 Å². The molecule has 0 unspecified atom stereocenters. The summed E-state index contributed by atoms with van der Waals surface area (Å²) in [6.07, 6.45) is 1.63. The second-order valence-electron chi connectivity index (χ2n) is 8.88. The predicted octanol–water partition coefficient (Wildman–Crippen LogP) is 5.28. The highest BCUT2D eigenvalue weighted by molar-refractivity contribution is 8.16. The first kappa shape index (κ1) is 27.1. The second kappa shape index (κ2) is 12.2. The van der Waals surface area contributed by atoms with Gasteiger partial charge in [-0.1, -0.05) is 42.1 Å². The molecule has 0 aliphatic carbocycles. The average molecular weight is 560 g/mol. The van der Waals surface area contributed by atoms with E-state index in [1.54, 1.807) is 45.6 Å². The van der Waals surface area contributed by atoms with E-state index < -0.39 is 12.0 Å². The molecule has 2 aliphatic heterocycles. The summed E-state index contributed by atoms with van der Waals surface area (Å²) in [6, 6.07) is 17.9. The van der Waals surface area contributed by atoms with Crippen LogP contribution in [0.1, 0.15) is 36.3 Å². The van der Waals surface area contributed by atoms with Crippen molar-refractivity contribution in [1.82, 2.24) is 10.2 Å². The zero-order valence-corrected chi connectivity index (χ0v) is 23.2. The van der Waals surface area contributed by atoms with Crippen molar-refractivity contribution < 1.29 is 28.2 Å². The molecular formula is C30H29N3O6S. The lowest BCUT2D eigenvalue weighted by molar-refractivity contribution is -0.139. The van der Waals surface area contributed by atoms with Crippen molar-refractivity contribution in [3.63, 3.8) is 0 Å². The number of amides is 1. The van der Waals surface area contributed by atoms with Gasteiger partial charge in [-0.15, -0.1) is 0 Å².